The first-order valence-corrected chi connectivity index (χ1v) is 14.2. The van der Waals surface area contributed by atoms with E-state index in [1.165, 1.54) is 17.7 Å². The molecule has 0 amide bonds. The predicted octanol–water partition coefficient (Wildman–Crippen LogP) is 6.22. The van der Waals surface area contributed by atoms with Crippen molar-refractivity contribution >= 4 is 17.0 Å². The van der Waals surface area contributed by atoms with Gasteiger partial charge in [0.2, 0.25) is 5.95 Å². The molecule has 0 spiro atoms. The van der Waals surface area contributed by atoms with Gasteiger partial charge in [0.05, 0.1) is 24.2 Å². The number of halogens is 4. The van der Waals surface area contributed by atoms with Crippen LogP contribution in [-0.2, 0) is 13.0 Å². The average molecular weight is 595 g/mol. The maximum atomic E-state index is 13.6. The van der Waals surface area contributed by atoms with Gasteiger partial charge in [-0.25, -0.2) is 9.37 Å². The number of H-pyrrole nitrogens is 1. The molecule has 0 radical (unpaired) electrons. The maximum absolute atomic E-state index is 13.6. The van der Waals surface area contributed by atoms with E-state index in [2.05, 4.69) is 57.1 Å². The van der Waals surface area contributed by atoms with Crippen molar-refractivity contribution in [3.8, 4) is 16.9 Å². The zero-order chi connectivity index (χ0) is 30.3. The van der Waals surface area contributed by atoms with Crippen LogP contribution in [0.3, 0.4) is 0 Å². The third kappa shape index (κ3) is 6.27. The largest absolute Gasteiger partial charge is 0.491 e. The molecule has 11 heteroatoms. The summed E-state index contributed by atoms with van der Waals surface area (Å²) in [6, 6.07) is 18.6. The van der Waals surface area contributed by atoms with Crippen molar-refractivity contribution in [2.75, 3.05) is 45.8 Å². The van der Waals surface area contributed by atoms with Crippen LogP contribution in [0.4, 0.5) is 23.5 Å². The van der Waals surface area contributed by atoms with Gasteiger partial charge in [-0.1, -0.05) is 24.3 Å². The van der Waals surface area contributed by atoms with E-state index in [4.69, 9.17) is 4.74 Å². The lowest BCUT2D eigenvalue weighted by atomic mass is 9.96. The number of aromatic amines is 1. The lowest BCUT2D eigenvalue weighted by Gasteiger charge is -2.44. The number of fused-ring (bicyclic) bond motifs is 2. The Hall–Kier alpha value is -4.25. The van der Waals surface area contributed by atoms with E-state index in [1.54, 1.807) is 6.07 Å². The van der Waals surface area contributed by atoms with Gasteiger partial charge in [0.1, 0.15) is 30.5 Å². The molecule has 7 nitrogen and oxygen atoms in total. The number of aromatic nitrogens is 2. The van der Waals surface area contributed by atoms with E-state index < -0.39 is 12.7 Å². The van der Waals surface area contributed by atoms with Crippen molar-refractivity contribution in [1.29, 1.82) is 0 Å². The lowest BCUT2D eigenvalue weighted by molar-refractivity contribution is -0.115. The lowest BCUT2D eigenvalue weighted by Crippen LogP contribution is -2.50. The van der Waals surface area contributed by atoms with Crippen LogP contribution in [0.1, 0.15) is 18.1 Å². The maximum Gasteiger partial charge on any atom is 0.405 e. The average Bonchev–Trinajstić information content (AvgIpc) is 3.26. The smallest absolute Gasteiger partial charge is 0.405 e. The standard InChI is InChI=1S/C32H34F4N6O/c1-20-26(14-21-4-8-25(33)9-5-21)30(41(3)19-40(20)2)42-12-13-43-29-11-7-22(15-24(29)17-42)23-6-10-27-28(16-23)39-31(38-27)37-18-32(34,35)36/h4-11,15-16,20H,12-14,17-19H2,1-3H3,(H2,37,38,39). The number of alkyl halides is 3. The predicted molar refractivity (Wildman–Crippen MR) is 159 cm³/mol. The van der Waals surface area contributed by atoms with Gasteiger partial charge in [0.15, 0.2) is 0 Å². The third-order valence-electron chi connectivity index (χ3n) is 8.17. The summed E-state index contributed by atoms with van der Waals surface area (Å²) in [5.74, 6) is 1.83. The second-order valence-electron chi connectivity index (χ2n) is 11.3. The summed E-state index contributed by atoms with van der Waals surface area (Å²) < 4.78 is 57.8. The number of hydrogen-bond donors (Lipinski definition) is 2. The van der Waals surface area contributed by atoms with Crippen LogP contribution < -0.4 is 10.1 Å². The fraction of sp³-hybridized carbons (Fsp3) is 0.344. The molecule has 0 bridgehead atoms. The highest BCUT2D eigenvalue weighted by Gasteiger charge is 2.32. The molecule has 0 aliphatic carbocycles. The first-order chi connectivity index (χ1) is 20.5. The van der Waals surface area contributed by atoms with Crippen LogP contribution in [0, 0.1) is 5.82 Å². The van der Waals surface area contributed by atoms with E-state index >= 15 is 0 Å². The Balaban J connectivity index is 1.30. The minimum atomic E-state index is -4.33. The number of likely N-dealkylation sites (N-methyl/N-ethyl adjacent to an activating group) is 1. The van der Waals surface area contributed by atoms with Crippen LogP contribution in [-0.4, -0.2) is 77.3 Å². The number of rotatable bonds is 6. The SMILES string of the molecule is CC1C(Cc2ccc(F)cc2)=C(N2CCOc3ccc(-c4ccc5nc(NCC(F)(F)F)[nH]c5c4)cc3C2)N(C)CN1C. The Morgan fingerprint density at radius 1 is 1.02 bits per heavy atom. The normalized spacial score (nSPS) is 18.1. The molecule has 2 aliphatic rings. The Labute approximate surface area is 247 Å². The fourth-order valence-corrected chi connectivity index (χ4v) is 5.93. The van der Waals surface area contributed by atoms with E-state index in [-0.39, 0.29) is 17.8 Å². The summed E-state index contributed by atoms with van der Waals surface area (Å²) in [4.78, 5) is 14.1. The number of benzene rings is 3. The Morgan fingerprint density at radius 2 is 1.77 bits per heavy atom. The number of nitrogens with one attached hydrogen (secondary N) is 2. The van der Waals surface area contributed by atoms with Gasteiger partial charge in [-0.15, -0.1) is 0 Å². The van der Waals surface area contributed by atoms with Crippen molar-refractivity contribution in [3.05, 3.63) is 89.0 Å². The summed E-state index contributed by atoms with van der Waals surface area (Å²) in [7, 11) is 4.21. The number of ether oxygens (including phenoxy) is 1. The fourth-order valence-electron chi connectivity index (χ4n) is 5.93. The van der Waals surface area contributed by atoms with Crippen LogP contribution in [0.2, 0.25) is 0 Å². The topological polar surface area (TPSA) is 59.7 Å². The van der Waals surface area contributed by atoms with Gasteiger partial charge in [-0.3, -0.25) is 4.90 Å². The molecule has 1 atom stereocenters. The van der Waals surface area contributed by atoms with Crippen molar-refractivity contribution in [2.24, 2.45) is 0 Å². The third-order valence-corrected chi connectivity index (χ3v) is 8.17. The molecule has 2 N–H and O–H groups in total. The number of hydrogen-bond acceptors (Lipinski definition) is 6. The van der Waals surface area contributed by atoms with E-state index in [0.717, 1.165) is 40.5 Å². The molecule has 226 valence electrons. The summed E-state index contributed by atoms with van der Waals surface area (Å²) in [6.45, 7) is 3.71. The van der Waals surface area contributed by atoms with Crippen LogP contribution in [0.15, 0.2) is 72.1 Å². The molecule has 1 unspecified atom stereocenters. The van der Waals surface area contributed by atoms with Crippen molar-refractivity contribution in [3.63, 3.8) is 0 Å². The van der Waals surface area contributed by atoms with Gasteiger partial charge in [-0.2, -0.15) is 13.2 Å². The molecule has 6 rings (SSSR count). The molecular weight excluding hydrogens is 560 g/mol. The first-order valence-electron chi connectivity index (χ1n) is 14.2. The summed E-state index contributed by atoms with van der Waals surface area (Å²) in [5.41, 5.74) is 6.48. The second-order valence-corrected chi connectivity index (χ2v) is 11.3. The van der Waals surface area contributed by atoms with Crippen LogP contribution in [0.5, 0.6) is 5.75 Å². The van der Waals surface area contributed by atoms with Crippen LogP contribution >= 0.6 is 0 Å². The molecule has 43 heavy (non-hydrogen) atoms. The Morgan fingerprint density at radius 3 is 2.53 bits per heavy atom. The Kier molecular flexibility index (Phi) is 7.68. The highest BCUT2D eigenvalue weighted by atomic mass is 19.4. The van der Waals surface area contributed by atoms with Crippen molar-refractivity contribution in [1.82, 2.24) is 24.7 Å². The summed E-state index contributed by atoms with van der Waals surface area (Å²) >= 11 is 0. The van der Waals surface area contributed by atoms with E-state index in [1.807, 2.05) is 36.4 Å². The van der Waals surface area contributed by atoms with E-state index in [9.17, 15) is 17.6 Å². The zero-order valence-electron chi connectivity index (χ0n) is 24.3. The summed E-state index contributed by atoms with van der Waals surface area (Å²) in [5, 5.41) is 2.31. The molecule has 0 fully saturated rings. The number of nitrogens with zero attached hydrogens (tertiary/aromatic N) is 4. The van der Waals surface area contributed by atoms with Gasteiger partial charge in [0.25, 0.3) is 0 Å². The molecule has 3 aromatic carbocycles. The van der Waals surface area contributed by atoms with Crippen molar-refractivity contribution in [2.45, 2.75) is 32.1 Å². The van der Waals surface area contributed by atoms with E-state index in [0.29, 0.717) is 37.2 Å². The number of anilines is 1. The van der Waals surface area contributed by atoms with Gasteiger partial charge < -0.3 is 24.8 Å². The molecule has 4 aromatic rings. The number of imidazole rings is 1. The van der Waals surface area contributed by atoms with Crippen LogP contribution in [0.25, 0.3) is 22.2 Å². The zero-order valence-corrected chi connectivity index (χ0v) is 24.3. The molecule has 3 heterocycles. The monoisotopic (exact) mass is 594 g/mol. The molecule has 0 saturated heterocycles. The minimum Gasteiger partial charge on any atom is -0.491 e. The second kappa shape index (κ2) is 11.4. The van der Waals surface area contributed by atoms with Crippen molar-refractivity contribution < 1.29 is 22.3 Å². The molecule has 1 aromatic heterocycles. The highest BCUT2D eigenvalue weighted by Crippen LogP contribution is 2.35. The quantitative estimate of drug-likeness (QED) is 0.259. The first kappa shape index (κ1) is 28.9. The van der Waals surface area contributed by atoms with Gasteiger partial charge in [-0.05, 0) is 79.1 Å². The molecular formula is C32H34F4N6O. The van der Waals surface area contributed by atoms with Gasteiger partial charge >= 0.3 is 6.18 Å². The molecule has 2 aliphatic heterocycles. The highest BCUT2D eigenvalue weighted by molar-refractivity contribution is 5.83. The summed E-state index contributed by atoms with van der Waals surface area (Å²) in [6.07, 6.45) is -3.63. The minimum absolute atomic E-state index is 0.0802. The Bertz CT molecular complexity index is 1650. The van der Waals surface area contributed by atoms with Gasteiger partial charge in [0, 0.05) is 25.2 Å². The molecule has 0 saturated carbocycles.